The lowest BCUT2D eigenvalue weighted by Gasteiger charge is -2.25. The summed E-state index contributed by atoms with van der Waals surface area (Å²) < 4.78 is 29.0. The molecule has 1 fully saturated rings. The number of nitrogens with zero attached hydrogens (tertiary/aromatic N) is 2. The second-order valence-electron chi connectivity index (χ2n) is 11.8. The van der Waals surface area contributed by atoms with E-state index in [1.807, 2.05) is 18.2 Å². The summed E-state index contributed by atoms with van der Waals surface area (Å²) in [6.07, 6.45) is 7.34. The zero-order chi connectivity index (χ0) is 32.2. The van der Waals surface area contributed by atoms with E-state index in [-0.39, 0.29) is 18.2 Å². The van der Waals surface area contributed by atoms with Crippen molar-refractivity contribution < 1.29 is 28.6 Å². The van der Waals surface area contributed by atoms with Crippen molar-refractivity contribution in [3.05, 3.63) is 107 Å². The molecule has 0 radical (unpaired) electrons. The number of carboxylic acids is 1. The minimum absolute atomic E-state index is 0.0584. The normalized spacial score (nSPS) is 13.5. The first-order valence-corrected chi connectivity index (χ1v) is 15.8. The minimum Gasteiger partial charge on any atom is -0.489 e. The lowest BCUT2D eigenvalue weighted by atomic mass is 9.94. The lowest BCUT2D eigenvalue weighted by molar-refractivity contribution is 0.0600. The summed E-state index contributed by atoms with van der Waals surface area (Å²) in [4.78, 5) is 28.8. The number of carboxylic acid groups (broad SMARTS) is 1. The Morgan fingerprint density at radius 2 is 1.65 bits per heavy atom. The average Bonchev–Trinajstić information content (AvgIpc) is 3.46. The Morgan fingerprint density at radius 1 is 0.913 bits per heavy atom. The van der Waals surface area contributed by atoms with Crippen LogP contribution in [0.5, 0.6) is 5.75 Å². The van der Waals surface area contributed by atoms with Crippen LogP contribution < -0.4 is 4.74 Å². The van der Waals surface area contributed by atoms with Crippen LogP contribution in [-0.2, 0) is 17.8 Å². The molecule has 1 saturated carbocycles. The monoisotopic (exact) mass is 620 g/mol. The van der Waals surface area contributed by atoms with Crippen LogP contribution in [0.3, 0.4) is 0 Å². The van der Waals surface area contributed by atoms with Crippen LogP contribution in [-0.4, -0.2) is 33.7 Å². The number of carbonyl (C=O) groups is 2. The standard InChI is InChI=1S/C38H37FN2O5/c1-3-7-24-10-12-25(13-11-24)31-17-14-26(37(42)43)20-28(31)23-46-30-16-18-32(33(39)22-30)36-40-34-21-27(38(44)45-2)15-19-35(34)41(36)29-8-5-4-6-9-29/h10-22,29H,3-9,23H2,1-2H3,(H,42,43). The number of aromatic carboxylic acids is 1. The summed E-state index contributed by atoms with van der Waals surface area (Å²) in [5.74, 6) is -1.13. The summed E-state index contributed by atoms with van der Waals surface area (Å²) in [6, 6.07) is 23.4. The molecule has 1 heterocycles. The largest absolute Gasteiger partial charge is 0.489 e. The second-order valence-corrected chi connectivity index (χ2v) is 11.8. The highest BCUT2D eigenvalue weighted by atomic mass is 19.1. The molecule has 4 aromatic carbocycles. The van der Waals surface area contributed by atoms with Crippen molar-refractivity contribution in [2.45, 2.75) is 64.5 Å². The lowest BCUT2D eigenvalue weighted by Crippen LogP contribution is -2.14. The number of halogens is 1. The number of carbonyl (C=O) groups excluding carboxylic acids is 1. The van der Waals surface area contributed by atoms with Crippen LogP contribution in [0, 0.1) is 5.82 Å². The van der Waals surface area contributed by atoms with Gasteiger partial charge in [0.25, 0.3) is 0 Å². The highest BCUT2D eigenvalue weighted by Gasteiger charge is 2.25. The summed E-state index contributed by atoms with van der Waals surface area (Å²) in [5.41, 5.74) is 6.09. The fourth-order valence-electron chi connectivity index (χ4n) is 6.44. The third kappa shape index (κ3) is 6.38. The molecule has 0 bridgehead atoms. The van der Waals surface area contributed by atoms with E-state index in [1.54, 1.807) is 42.5 Å². The zero-order valence-electron chi connectivity index (χ0n) is 26.1. The van der Waals surface area contributed by atoms with Crippen LogP contribution in [0.15, 0.2) is 78.9 Å². The van der Waals surface area contributed by atoms with Gasteiger partial charge in [0.2, 0.25) is 0 Å². The fourth-order valence-corrected chi connectivity index (χ4v) is 6.44. The molecule has 1 aliphatic carbocycles. The van der Waals surface area contributed by atoms with E-state index < -0.39 is 17.8 Å². The van der Waals surface area contributed by atoms with E-state index in [4.69, 9.17) is 14.5 Å². The Bertz CT molecular complexity index is 1890. The van der Waals surface area contributed by atoms with E-state index in [2.05, 4.69) is 23.6 Å². The molecule has 7 nitrogen and oxygen atoms in total. The van der Waals surface area contributed by atoms with Crippen molar-refractivity contribution >= 4 is 23.0 Å². The summed E-state index contributed by atoms with van der Waals surface area (Å²) in [5, 5.41) is 9.63. The average molecular weight is 621 g/mol. The van der Waals surface area contributed by atoms with Gasteiger partial charge in [-0.2, -0.15) is 0 Å². The second kappa shape index (κ2) is 13.6. The predicted molar refractivity (Wildman–Crippen MR) is 176 cm³/mol. The molecule has 0 amide bonds. The third-order valence-electron chi connectivity index (χ3n) is 8.78. The Kier molecular flexibility index (Phi) is 9.15. The van der Waals surface area contributed by atoms with E-state index in [0.29, 0.717) is 33.8 Å². The summed E-state index contributed by atoms with van der Waals surface area (Å²) in [7, 11) is 1.34. The number of benzene rings is 4. The molecule has 236 valence electrons. The smallest absolute Gasteiger partial charge is 0.337 e. The van der Waals surface area contributed by atoms with E-state index in [1.165, 1.54) is 25.2 Å². The molecule has 1 N–H and O–H groups in total. The number of fused-ring (bicyclic) bond motifs is 1. The number of ether oxygens (including phenoxy) is 2. The maximum Gasteiger partial charge on any atom is 0.337 e. The highest BCUT2D eigenvalue weighted by molar-refractivity contribution is 5.94. The van der Waals surface area contributed by atoms with Crippen molar-refractivity contribution in [1.29, 1.82) is 0 Å². The van der Waals surface area contributed by atoms with Gasteiger partial charge in [-0.05, 0) is 84.0 Å². The molecule has 1 aliphatic rings. The molecule has 0 aliphatic heterocycles. The van der Waals surface area contributed by atoms with Gasteiger partial charge in [-0.1, -0.05) is 62.9 Å². The summed E-state index contributed by atoms with van der Waals surface area (Å²) in [6.45, 7) is 2.20. The number of aryl methyl sites for hydroxylation is 1. The fraction of sp³-hybridized carbons (Fsp3) is 0.289. The van der Waals surface area contributed by atoms with Crippen molar-refractivity contribution in [2.75, 3.05) is 7.11 Å². The van der Waals surface area contributed by atoms with Crippen molar-refractivity contribution in [2.24, 2.45) is 0 Å². The molecular formula is C38H37FN2O5. The molecule has 8 heteroatoms. The zero-order valence-corrected chi connectivity index (χ0v) is 26.1. The number of aromatic nitrogens is 2. The third-order valence-corrected chi connectivity index (χ3v) is 8.78. The van der Waals surface area contributed by atoms with Gasteiger partial charge in [-0.3, -0.25) is 0 Å². The molecule has 6 rings (SSSR count). The van der Waals surface area contributed by atoms with Crippen molar-refractivity contribution in [3.63, 3.8) is 0 Å². The summed E-state index contributed by atoms with van der Waals surface area (Å²) >= 11 is 0. The number of esters is 1. The quantitative estimate of drug-likeness (QED) is 0.157. The topological polar surface area (TPSA) is 90.7 Å². The molecular weight excluding hydrogens is 583 g/mol. The molecule has 5 aromatic rings. The van der Waals surface area contributed by atoms with E-state index in [9.17, 15) is 14.7 Å². The predicted octanol–water partition coefficient (Wildman–Crippen LogP) is 9.03. The van der Waals surface area contributed by atoms with Crippen LogP contribution in [0.4, 0.5) is 4.39 Å². The molecule has 46 heavy (non-hydrogen) atoms. The SMILES string of the molecule is CCCc1ccc(-c2ccc(C(=O)O)cc2COc2ccc(-c3nc4cc(C(=O)OC)ccc4n3C3CCCCC3)c(F)c2)cc1. The Labute approximate surface area is 267 Å². The Balaban J connectivity index is 1.31. The number of methoxy groups -OCH3 is 1. The van der Waals surface area contributed by atoms with E-state index >= 15 is 4.39 Å². The van der Waals surface area contributed by atoms with Gasteiger partial charge < -0.3 is 19.1 Å². The maximum atomic E-state index is 15.9. The first kappa shape index (κ1) is 31.0. The van der Waals surface area contributed by atoms with Crippen LogP contribution in [0.25, 0.3) is 33.5 Å². The first-order valence-electron chi connectivity index (χ1n) is 15.8. The number of hydrogen-bond acceptors (Lipinski definition) is 5. The molecule has 0 spiro atoms. The van der Waals surface area contributed by atoms with Gasteiger partial charge in [-0.25, -0.2) is 19.0 Å². The van der Waals surface area contributed by atoms with Gasteiger partial charge in [0.15, 0.2) is 0 Å². The minimum atomic E-state index is -1.03. The Hall–Kier alpha value is -4.98. The molecule has 1 aromatic heterocycles. The van der Waals surface area contributed by atoms with Gasteiger partial charge in [-0.15, -0.1) is 0 Å². The van der Waals surface area contributed by atoms with Crippen molar-refractivity contribution in [1.82, 2.24) is 9.55 Å². The number of rotatable bonds is 10. The van der Waals surface area contributed by atoms with E-state index in [0.717, 1.165) is 55.2 Å². The van der Waals surface area contributed by atoms with Gasteiger partial charge in [0.05, 0.1) is 34.8 Å². The van der Waals surface area contributed by atoms with Crippen molar-refractivity contribution in [3.8, 4) is 28.3 Å². The first-order chi connectivity index (χ1) is 22.4. The Morgan fingerprint density at radius 3 is 2.35 bits per heavy atom. The van der Waals surface area contributed by atoms with Gasteiger partial charge in [0.1, 0.15) is 24.0 Å². The highest BCUT2D eigenvalue weighted by Crippen LogP contribution is 2.38. The van der Waals surface area contributed by atoms with Gasteiger partial charge in [0, 0.05) is 12.1 Å². The molecule has 0 unspecified atom stereocenters. The van der Waals surface area contributed by atoms with Crippen LogP contribution in [0.2, 0.25) is 0 Å². The van der Waals surface area contributed by atoms with Crippen LogP contribution in [0.1, 0.15) is 83.3 Å². The molecule has 0 saturated heterocycles. The van der Waals surface area contributed by atoms with Gasteiger partial charge >= 0.3 is 11.9 Å². The van der Waals surface area contributed by atoms with Crippen LogP contribution >= 0.6 is 0 Å². The number of hydrogen-bond donors (Lipinski definition) is 1. The number of imidazole rings is 1. The molecule has 0 atom stereocenters. The maximum absolute atomic E-state index is 15.9.